The van der Waals surface area contributed by atoms with E-state index in [1.807, 2.05) is 0 Å². The smallest absolute Gasteiger partial charge is 0.438 e. The third-order valence-corrected chi connectivity index (χ3v) is 1.05. The van der Waals surface area contributed by atoms with E-state index in [0.717, 1.165) is 7.11 Å². The minimum absolute atomic E-state index is 0.0681. The van der Waals surface area contributed by atoms with E-state index in [0.29, 0.717) is 0 Å². The van der Waals surface area contributed by atoms with E-state index in [1.54, 1.807) is 0 Å². The Morgan fingerprint density at radius 3 is 2.54 bits per heavy atom. The molecule has 1 unspecified atom stereocenters. The molecule has 0 radical (unpaired) electrons. The molecule has 0 aliphatic carbocycles. The number of halogens is 1. The fraction of sp³-hybridized carbons (Fsp3) is 0.714. The Balaban J connectivity index is 3.56. The molecule has 13 heavy (non-hydrogen) atoms. The molecule has 0 amide bonds. The van der Waals surface area contributed by atoms with Gasteiger partial charge in [-0.15, -0.1) is 0 Å². The fourth-order valence-electron chi connectivity index (χ4n) is 0.452. The van der Waals surface area contributed by atoms with E-state index in [-0.39, 0.29) is 6.42 Å². The molecule has 0 heterocycles. The Morgan fingerprint density at radius 2 is 2.08 bits per heavy atom. The molecule has 0 aromatic carbocycles. The Bertz CT molecular complexity index is 182. The molecule has 5 nitrogen and oxygen atoms in total. The zero-order valence-corrected chi connectivity index (χ0v) is 7.41. The average molecular weight is 194 g/mol. The van der Waals surface area contributed by atoms with E-state index in [9.17, 15) is 14.0 Å². The molecule has 0 aliphatic heterocycles. The van der Waals surface area contributed by atoms with Gasteiger partial charge in [-0.1, -0.05) is 6.92 Å². The van der Waals surface area contributed by atoms with Crippen molar-refractivity contribution < 1.29 is 28.2 Å². The molecule has 76 valence electrons. The van der Waals surface area contributed by atoms with Crippen molar-refractivity contribution in [1.29, 1.82) is 0 Å². The summed E-state index contributed by atoms with van der Waals surface area (Å²) in [4.78, 5) is 20.8. The van der Waals surface area contributed by atoms with Crippen molar-refractivity contribution in [1.82, 2.24) is 0 Å². The van der Waals surface area contributed by atoms with Crippen molar-refractivity contribution in [2.75, 3.05) is 13.7 Å². The van der Waals surface area contributed by atoms with Gasteiger partial charge in [-0.05, 0) is 0 Å². The van der Waals surface area contributed by atoms with Gasteiger partial charge >= 0.3 is 12.1 Å². The summed E-state index contributed by atoms with van der Waals surface area (Å²) in [5, 5.41) is 0. The molecule has 6 heteroatoms. The molecule has 0 aliphatic rings. The highest BCUT2D eigenvalue weighted by Crippen LogP contribution is 1.98. The number of rotatable bonds is 4. The number of esters is 1. The third kappa shape index (κ3) is 5.89. The van der Waals surface area contributed by atoms with E-state index in [2.05, 4.69) is 14.2 Å². The predicted molar refractivity (Wildman–Crippen MR) is 39.6 cm³/mol. The summed E-state index contributed by atoms with van der Waals surface area (Å²) in [7, 11) is 1.09. The summed E-state index contributed by atoms with van der Waals surface area (Å²) >= 11 is 0. The first-order valence-electron chi connectivity index (χ1n) is 3.64. The Hall–Kier alpha value is -1.33. The van der Waals surface area contributed by atoms with Crippen molar-refractivity contribution in [3.8, 4) is 0 Å². The maximum atomic E-state index is 12.6. The lowest BCUT2D eigenvalue weighted by Crippen LogP contribution is -2.20. The standard InChI is InChI=1S/C7H11FO5/c1-3-6(9)13-5(8)4-12-7(10)11-2/h5H,3-4H2,1-2H3. The van der Waals surface area contributed by atoms with Gasteiger partial charge in [0.25, 0.3) is 6.36 Å². The van der Waals surface area contributed by atoms with Crippen LogP contribution in [0.5, 0.6) is 0 Å². The highest BCUT2D eigenvalue weighted by molar-refractivity contribution is 5.69. The van der Waals surface area contributed by atoms with Crippen LogP contribution in [-0.4, -0.2) is 32.2 Å². The lowest BCUT2D eigenvalue weighted by Gasteiger charge is -2.08. The van der Waals surface area contributed by atoms with Gasteiger partial charge in [0.1, 0.15) is 0 Å². The molecule has 0 N–H and O–H groups in total. The molecule has 0 aromatic heterocycles. The Morgan fingerprint density at radius 1 is 1.46 bits per heavy atom. The number of hydrogen-bond acceptors (Lipinski definition) is 5. The average Bonchev–Trinajstić information content (AvgIpc) is 2.13. The summed E-state index contributed by atoms with van der Waals surface area (Å²) in [6, 6.07) is 0. The molecule has 0 fully saturated rings. The van der Waals surface area contributed by atoms with Crippen molar-refractivity contribution in [2.24, 2.45) is 0 Å². The maximum Gasteiger partial charge on any atom is 0.508 e. The van der Waals surface area contributed by atoms with Crippen LogP contribution in [0.1, 0.15) is 13.3 Å². The number of hydrogen-bond donors (Lipinski definition) is 0. The van der Waals surface area contributed by atoms with Gasteiger partial charge in [-0.3, -0.25) is 4.79 Å². The van der Waals surface area contributed by atoms with Gasteiger partial charge in [-0.2, -0.15) is 4.39 Å². The first-order valence-corrected chi connectivity index (χ1v) is 3.64. The number of ether oxygens (including phenoxy) is 3. The van der Waals surface area contributed by atoms with E-state index < -0.39 is 25.1 Å². The molecule has 0 aromatic rings. The lowest BCUT2D eigenvalue weighted by molar-refractivity contribution is -0.161. The predicted octanol–water partition coefficient (Wildman–Crippen LogP) is 1.02. The third-order valence-electron chi connectivity index (χ3n) is 1.05. The van der Waals surface area contributed by atoms with Gasteiger partial charge in [0.2, 0.25) is 0 Å². The van der Waals surface area contributed by atoms with Crippen molar-refractivity contribution in [3.63, 3.8) is 0 Å². The number of alkyl halides is 1. The quantitative estimate of drug-likeness (QED) is 0.625. The monoisotopic (exact) mass is 194 g/mol. The molecular weight excluding hydrogens is 183 g/mol. The second-order valence-corrected chi connectivity index (χ2v) is 2.02. The minimum atomic E-state index is -1.94. The zero-order chi connectivity index (χ0) is 10.3. The van der Waals surface area contributed by atoms with Crippen LogP contribution in [0.3, 0.4) is 0 Å². The van der Waals surface area contributed by atoms with Crippen molar-refractivity contribution >= 4 is 12.1 Å². The van der Waals surface area contributed by atoms with E-state index in [1.165, 1.54) is 6.92 Å². The molecule has 0 bridgehead atoms. The summed E-state index contributed by atoms with van der Waals surface area (Å²) in [6.07, 6.45) is -2.89. The second kappa shape index (κ2) is 6.22. The number of carbonyl (C=O) groups excluding carboxylic acids is 2. The molecule has 0 saturated carbocycles. The van der Waals surface area contributed by atoms with Crippen LogP contribution >= 0.6 is 0 Å². The van der Waals surface area contributed by atoms with Gasteiger partial charge in [-0.25, -0.2) is 4.79 Å². The van der Waals surface area contributed by atoms with Crippen LogP contribution in [-0.2, 0) is 19.0 Å². The fourth-order valence-corrected chi connectivity index (χ4v) is 0.452. The molecule has 0 spiro atoms. The van der Waals surface area contributed by atoms with Crippen LogP contribution in [0.4, 0.5) is 9.18 Å². The summed E-state index contributed by atoms with van der Waals surface area (Å²) in [5.74, 6) is -0.694. The van der Waals surface area contributed by atoms with Crippen LogP contribution in [0.25, 0.3) is 0 Å². The Kier molecular flexibility index (Phi) is 5.58. The van der Waals surface area contributed by atoms with Gasteiger partial charge in [0.15, 0.2) is 6.61 Å². The SMILES string of the molecule is CCC(=O)OC(F)COC(=O)OC. The van der Waals surface area contributed by atoms with Crippen LogP contribution in [0, 0.1) is 0 Å². The zero-order valence-electron chi connectivity index (χ0n) is 7.41. The van der Waals surface area contributed by atoms with Crippen LogP contribution in [0.15, 0.2) is 0 Å². The van der Waals surface area contributed by atoms with Gasteiger partial charge in [0, 0.05) is 6.42 Å². The second-order valence-electron chi connectivity index (χ2n) is 2.02. The normalized spacial score (nSPS) is 11.6. The molecule has 1 atom stereocenters. The summed E-state index contributed by atoms with van der Waals surface area (Å²) in [6.45, 7) is 0.870. The summed E-state index contributed by atoms with van der Waals surface area (Å²) < 4.78 is 25.0. The largest absolute Gasteiger partial charge is 0.508 e. The highest BCUT2D eigenvalue weighted by atomic mass is 19.1. The Labute approximate surface area is 74.8 Å². The molecule has 0 saturated heterocycles. The van der Waals surface area contributed by atoms with E-state index >= 15 is 0 Å². The van der Waals surface area contributed by atoms with Gasteiger partial charge in [0.05, 0.1) is 7.11 Å². The van der Waals surface area contributed by atoms with Crippen LogP contribution < -0.4 is 0 Å². The molecule has 0 rings (SSSR count). The highest BCUT2D eigenvalue weighted by Gasteiger charge is 2.13. The summed E-state index contributed by atoms with van der Waals surface area (Å²) in [5.41, 5.74) is 0. The van der Waals surface area contributed by atoms with E-state index in [4.69, 9.17) is 0 Å². The topological polar surface area (TPSA) is 61.8 Å². The number of methoxy groups -OCH3 is 1. The lowest BCUT2D eigenvalue weighted by atomic mass is 10.5. The maximum absolute atomic E-state index is 12.6. The van der Waals surface area contributed by atoms with Gasteiger partial charge < -0.3 is 14.2 Å². The molecular formula is C7H11FO5. The minimum Gasteiger partial charge on any atom is -0.438 e. The van der Waals surface area contributed by atoms with Crippen molar-refractivity contribution in [3.05, 3.63) is 0 Å². The first kappa shape index (κ1) is 11.7. The first-order chi connectivity index (χ1) is 6.10. The number of carbonyl (C=O) groups is 2. The van der Waals surface area contributed by atoms with Crippen LogP contribution in [0.2, 0.25) is 0 Å². The van der Waals surface area contributed by atoms with Crippen molar-refractivity contribution in [2.45, 2.75) is 19.7 Å².